The maximum Gasteiger partial charge on any atom is 0.245 e. The van der Waals surface area contributed by atoms with Crippen molar-refractivity contribution in [3.8, 4) is 22.4 Å². The molecular formula is C17H16N4O2S. The first kappa shape index (κ1) is 16.3. The second-order valence-electron chi connectivity index (χ2n) is 5.13. The monoisotopic (exact) mass is 340 g/mol. The molecule has 1 amide bonds. The van der Waals surface area contributed by atoms with E-state index in [4.69, 9.17) is 10.8 Å². The summed E-state index contributed by atoms with van der Waals surface area (Å²) in [5, 5.41) is 13.8. The van der Waals surface area contributed by atoms with Gasteiger partial charge in [-0.25, -0.2) is 4.98 Å². The Morgan fingerprint density at radius 3 is 2.71 bits per heavy atom. The van der Waals surface area contributed by atoms with E-state index in [0.717, 1.165) is 22.4 Å². The molecule has 3 rings (SSSR count). The Bertz CT molecular complexity index is 835. The molecule has 24 heavy (non-hydrogen) atoms. The molecule has 3 aromatic rings. The van der Waals surface area contributed by atoms with Crippen LogP contribution < -0.4 is 11.1 Å². The summed E-state index contributed by atoms with van der Waals surface area (Å²) in [5.41, 5.74) is 9.33. The van der Waals surface area contributed by atoms with Gasteiger partial charge in [0, 0.05) is 23.3 Å². The van der Waals surface area contributed by atoms with E-state index in [9.17, 15) is 4.79 Å². The van der Waals surface area contributed by atoms with Crippen molar-refractivity contribution in [2.24, 2.45) is 5.73 Å². The second kappa shape index (κ2) is 7.31. The molecule has 4 N–H and O–H groups in total. The van der Waals surface area contributed by atoms with Gasteiger partial charge in [-0.1, -0.05) is 18.2 Å². The number of benzene rings is 1. The molecule has 0 bridgehead atoms. The Balaban J connectivity index is 1.82. The number of carbonyl (C=O) groups excluding carboxylic acids is 1. The Labute approximate surface area is 143 Å². The summed E-state index contributed by atoms with van der Waals surface area (Å²) in [5.74, 6) is -0.455. The van der Waals surface area contributed by atoms with Crippen molar-refractivity contribution >= 4 is 22.4 Å². The summed E-state index contributed by atoms with van der Waals surface area (Å²) in [6, 6.07) is 10.9. The number of pyridine rings is 1. The van der Waals surface area contributed by atoms with Crippen molar-refractivity contribution in [1.29, 1.82) is 0 Å². The van der Waals surface area contributed by atoms with Gasteiger partial charge in [-0.3, -0.25) is 9.78 Å². The molecule has 2 aromatic heterocycles. The van der Waals surface area contributed by atoms with Crippen LogP contribution in [0.1, 0.15) is 0 Å². The maximum atomic E-state index is 11.7. The van der Waals surface area contributed by atoms with E-state index in [-0.39, 0.29) is 0 Å². The number of nitrogens with one attached hydrogen (secondary N) is 1. The van der Waals surface area contributed by atoms with Crippen molar-refractivity contribution in [1.82, 2.24) is 9.97 Å². The highest BCUT2D eigenvalue weighted by molar-refractivity contribution is 7.14. The van der Waals surface area contributed by atoms with Crippen LogP contribution in [0.4, 0.5) is 5.13 Å². The first-order valence-corrected chi connectivity index (χ1v) is 8.19. The summed E-state index contributed by atoms with van der Waals surface area (Å²) in [6.45, 7) is -0.405. The van der Waals surface area contributed by atoms with Crippen molar-refractivity contribution in [3.05, 3.63) is 54.2 Å². The third-order valence-corrected chi connectivity index (χ3v) is 4.20. The van der Waals surface area contributed by atoms with Crippen LogP contribution in [0.2, 0.25) is 0 Å². The minimum absolute atomic E-state index is 0.405. The normalized spacial score (nSPS) is 11.9. The highest BCUT2D eigenvalue weighted by atomic mass is 32.1. The molecule has 122 valence electrons. The summed E-state index contributed by atoms with van der Waals surface area (Å²) >= 11 is 1.31. The van der Waals surface area contributed by atoms with Crippen LogP contribution in [0.5, 0.6) is 0 Å². The van der Waals surface area contributed by atoms with Gasteiger partial charge in [0.25, 0.3) is 0 Å². The highest BCUT2D eigenvalue weighted by Crippen LogP contribution is 2.28. The summed E-state index contributed by atoms with van der Waals surface area (Å²) in [7, 11) is 0. The lowest BCUT2D eigenvalue weighted by Gasteiger charge is -2.06. The SMILES string of the molecule is N[C@@H](CO)C(=O)Nc1nc(-c2cccc(-c3ccncc3)c2)cs1. The first-order chi connectivity index (χ1) is 11.7. The molecule has 6 nitrogen and oxygen atoms in total. The predicted octanol–water partition coefficient (Wildman–Crippen LogP) is 2.13. The molecule has 0 aliphatic heterocycles. The van der Waals surface area contributed by atoms with E-state index in [1.807, 2.05) is 41.8 Å². The number of nitrogens with two attached hydrogens (primary N) is 1. The van der Waals surface area contributed by atoms with Crippen LogP contribution in [0.15, 0.2) is 54.2 Å². The Morgan fingerprint density at radius 1 is 1.21 bits per heavy atom. The molecule has 0 unspecified atom stereocenters. The van der Waals surface area contributed by atoms with Crippen LogP contribution in [0, 0.1) is 0 Å². The molecule has 0 radical (unpaired) electrons. The smallest absolute Gasteiger partial charge is 0.245 e. The molecule has 7 heteroatoms. The summed E-state index contributed by atoms with van der Waals surface area (Å²) in [4.78, 5) is 20.1. The van der Waals surface area contributed by atoms with Crippen LogP contribution in [0.25, 0.3) is 22.4 Å². The molecule has 1 atom stereocenters. The van der Waals surface area contributed by atoms with Gasteiger partial charge in [0.05, 0.1) is 12.3 Å². The molecular weight excluding hydrogens is 324 g/mol. The molecule has 2 heterocycles. The average molecular weight is 340 g/mol. The van der Waals surface area contributed by atoms with Crippen molar-refractivity contribution in [3.63, 3.8) is 0 Å². The standard InChI is InChI=1S/C17H16N4O2S/c18-14(9-22)16(23)21-17-20-15(10-24-17)13-3-1-2-12(8-13)11-4-6-19-7-5-11/h1-8,10,14,22H,9,18H2,(H,20,21,23)/t14-/m0/s1. The van der Waals surface area contributed by atoms with Crippen LogP contribution in [-0.4, -0.2) is 33.6 Å². The zero-order valence-electron chi connectivity index (χ0n) is 12.7. The largest absolute Gasteiger partial charge is 0.394 e. The van der Waals surface area contributed by atoms with Crippen molar-refractivity contribution in [2.75, 3.05) is 11.9 Å². The second-order valence-corrected chi connectivity index (χ2v) is 5.99. The van der Waals surface area contributed by atoms with E-state index in [1.54, 1.807) is 12.4 Å². The fourth-order valence-electron chi connectivity index (χ4n) is 2.15. The lowest BCUT2D eigenvalue weighted by atomic mass is 10.0. The third kappa shape index (κ3) is 3.65. The Morgan fingerprint density at radius 2 is 1.96 bits per heavy atom. The molecule has 0 saturated carbocycles. The summed E-state index contributed by atoms with van der Waals surface area (Å²) < 4.78 is 0. The van der Waals surface area contributed by atoms with Gasteiger partial charge >= 0.3 is 0 Å². The minimum atomic E-state index is -0.952. The number of anilines is 1. The van der Waals surface area contributed by atoms with Crippen LogP contribution >= 0.6 is 11.3 Å². The lowest BCUT2D eigenvalue weighted by Crippen LogP contribution is -2.38. The molecule has 0 saturated heterocycles. The molecule has 0 spiro atoms. The topological polar surface area (TPSA) is 101 Å². The first-order valence-electron chi connectivity index (χ1n) is 7.31. The number of aromatic nitrogens is 2. The number of thiazole rings is 1. The fourth-order valence-corrected chi connectivity index (χ4v) is 2.87. The molecule has 0 fully saturated rings. The Hall–Kier alpha value is -2.61. The number of nitrogens with zero attached hydrogens (tertiary/aromatic N) is 2. The van der Waals surface area contributed by atoms with Crippen molar-refractivity contribution in [2.45, 2.75) is 6.04 Å². The summed E-state index contributed by atoms with van der Waals surface area (Å²) in [6.07, 6.45) is 3.51. The van der Waals surface area contributed by atoms with Gasteiger partial charge in [0.2, 0.25) is 5.91 Å². The van der Waals surface area contributed by atoms with E-state index < -0.39 is 18.6 Å². The van der Waals surface area contributed by atoms with Crippen molar-refractivity contribution < 1.29 is 9.90 Å². The van der Waals surface area contributed by atoms with Crippen LogP contribution in [0.3, 0.4) is 0 Å². The number of carbonyl (C=O) groups is 1. The fraction of sp³-hybridized carbons (Fsp3) is 0.118. The van der Waals surface area contributed by atoms with E-state index >= 15 is 0 Å². The average Bonchev–Trinajstić information content (AvgIpc) is 3.10. The zero-order valence-corrected chi connectivity index (χ0v) is 13.5. The lowest BCUT2D eigenvalue weighted by molar-refractivity contribution is -0.118. The molecule has 0 aliphatic carbocycles. The number of hydrogen-bond donors (Lipinski definition) is 3. The number of aliphatic hydroxyl groups excluding tert-OH is 1. The van der Waals surface area contributed by atoms with E-state index in [1.165, 1.54) is 11.3 Å². The predicted molar refractivity (Wildman–Crippen MR) is 94.5 cm³/mol. The van der Waals surface area contributed by atoms with Gasteiger partial charge in [0.15, 0.2) is 5.13 Å². The number of rotatable bonds is 5. The number of amides is 1. The van der Waals surface area contributed by atoms with Crippen LogP contribution in [-0.2, 0) is 4.79 Å². The van der Waals surface area contributed by atoms with Gasteiger partial charge in [-0.15, -0.1) is 11.3 Å². The molecule has 1 aromatic carbocycles. The number of aliphatic hydroxyl groups is 1. The molecule has 0 aliphatic rings. The van der Waals surface area contributed by atoms with Gasteiger partial charge in [-0.05, 0) is 29.3 Å². The van der Waals surface area contributed by atoms with Gasteiger partial charge < -0.3 is 16.2 Å². The van der Waals surface area contributed by atoms with E-state index in [0.29, 0.717) is 5.13 Å². The van der Waals surface area contributed by atoms with Gasteiger partial charge in [-0.2, -0.15) is 0 Å². The Kier molecular flexibility index (Phi) is 4.95. The maximum absolute atomic E-state index is 11.7. The zero-order chi connectivity index (χ0) is 16.9. The van der Waals surface area contributed by atoms with E-state index in [2.05, 4.69) is 15.3 Å². The third-order valence-electron chi connectivity index (χ3n) is 3.44. The van der Waals surface area contributed by atoms with Gasteiger partial charge in [0.1, 0.15) is 6.04 Å². The minimum Gasteiger partial charge on any atom is -0.394 e. The number of hydrogen-bond acceptors (Lipinski definition) is 6. The quantitative estimate of drug-likeness (QED) is 0.660. The highest BCUT2D eigenvalue weighted by Gasteiger charge is 2.14.